The van der Waals surface area contributed by atoms with Crippen LogP contribution in [0.15, 0.2) is 12.1 Å². The lowest BCUT2D eigenvalue weighted by Gasteiger charge is -2.42. The smallest absolute Gasteiger partial charge is 0.227 e. The number of hydrogen-bond donors (Lipinski definition) is 2. The number of hydrogen-bond acceptors (Lipinski definition) is 5. The van der Waals surface area contributed by atoms with Gasteiger partial charge in [0.25, 0.3) is 0 Å². The van der Waals surface area contributed by atoms with Crippen LogP contribution in [0, 0.1) is 0 Å². The summed E-state index contributed by atoms with van der Waals surface area (Å²) in [7, 11) is 0. The number of aliphatic hydroxyl groups excluding tert-OH is 1. The fraction of sp³-hybridized carbons (Fsp3) is 0.650. The molecule has 150 valence electrons. The summed E-state index contributed by atoms with van der Waals surface area (Å²) in [4.78, 5) is 14.3. The number of rotatable bonds is 6. The number of amides is 1. The van der Waals surface area contributed by atoms with E-state index in [0.29, 0.717) is 49.1 Å². The lowest BCUT2D eigenvalue weighted by molar-refractivity contribution is -0.150. The van der Waals surface area contributed by atoms with E-state index < -0.39 is 11.7 Å². The number of ether oxygens (including phenoxy) is 2. The summed E-state index contributed by atoms with van der Waals surface area (Å²) in [6.45, 7) is 3.61. The third-order valence-corrected chi connectivity index (χ3v) is 5.69. The molecule has 0 aliphatic carbocycles. The minimum absolute atomic E-state index is 0.0996. The number of nitrogens with zero attached hydrogens (tertiary/aromatic N) is 1. The maximum Gasteiger partial charge on any atom is 0.227 e. The second-order valence-corrected chi connectivity index (χ2v) is 7.85. The molecule has 1 amide bonds. The van der Waals surface area contributed by atoms with Gasteiger partial charge in [-0.25, -0.2) is 0 Å². The van der Waals surface area contributed by atoms with E-state index >= 15 is 0 Å². The summed E-state index contributed by atoms with van der Waals surface area (Å²) >= 11 is 6.23. The molecule has 0 saturated carbocycles. The molecule has 1 saturated heterocycles. The first-order chi connectivity index (χ1) is 12.9. The van der Waals surface area contributed by atoms with Crippen molar-refractivity contribution in [2.75, 3.05) is 26.3 Å². The van der Waals surface area contributed by atoms with Gasteiger partial charge in [-0.15, -0.1) is 0 Å². The average molecular weight is 398 g/mol. The Labute approximate surface area is 165 Å². The highest BCUT2D eigenvalue weighted by Gasteiger charge is 2.41. The van der Waals surface area contributed by atoms with Gasteiger partial charge >= 0.3 is 0 Å². The number of halogens is 1. The number of β-amino-alcohol motifs (C(OH)–C–C–N with tert-alkyl or cyclic N) is 1. The van der Waals surface area contributed by atoms with Gasteiger partial charge in [-0.05, 0) is 30.5 Å². The monoisotopic (exact) mass is 397 g/mol. The van der Waals surface area contributed by atoms with Crippen LogP contribution in [0.2, 0.25) is 5.02 Å². The predicted molar refractivity (Wildman–Crippen MR) is 102 cm³/mol. The number of piperidine rings is 1. The normalized spacial score (nSPS) is 24.7. The van der Waals surface area contributed by atoms with Crippen LogP contribution in [-0.4, -0.2) is 59.0 Å². The van der Waals surface area contributed by atoms with Gasteiger partial charge in [0.15, 0.2) is 11.5 Å². The Morgan fingerprint density at radius 1 is 1.33 bits per heavy atom. The molecular formula is C20H28ClNO5. The highest BCUT2D eigenvalue weighted by atomic mass is 35.5. The Hall–Kier alpha value is -1.50. The molecule has 1 aromatic rings. The van der Waals surface area contributed by atoms with E-state index in [9.17, 15) is 15.0 Å². The highest BCUT2D eigenvalue weighted by molar-refractivity contribution is 6.32. The molecule has 27 heavy (non-hydrogen) atoms. The van der Waals surface area contributed by atoms with E-state index in [0.717, 1.165) is 24.8 Å². The molecule has 2 aliphatic rings. The number of unbranched alkanes of at least 4 members (excludes halogenated alkanes) is 2. The van der Waals surface area contributed by atoms with E-state index in [1.165, 1.54) is 0 Å². The van der Waals surface area contributed by atoms with Crippen LogP contribution in [0.25, 0.3) is 0 Å². The SMILES string of the molecule is CCCCC[C@]1(O)CCN(C(=O)Cc2cc(Cl)c3c(c2)OCCO3)C[C@@H]1O. The van der Waals surface area contributed by atoms with Crippen LogP contribution < -0.4 is 9.47 Å². The fourth-order valence-electron chi connectivity index (χ4n) is 3.72. The third kappa shape index (κ3) is 4.68. The molecule has 1 fully saturated rings. The van der Waals surface area contributed by atoms with Gasteiger partial charge in [0.05, 0.1) is 17.0 Å². The van der Waals surface area contributed by atoms with Gasteiger partial charge in [-0.2, -0.15) is 0 Å². The Morgan fingerprint density at radius 2 is 2.11 bits per heavy atom. The van der Waals surface area contributed by atoms with Crippen LogP contribution in [0.4, 0.5) is 0 Å². The number of carbonyl (C=O) groups excluding carboxylic acids is 1. The number of aliphatic hydroxyl groups is 2. The molecule has 3 rings (SSSR count). The zero-order valence-electron chi connectivity index (χ0n) is 15.7. The third-order valence-electron chi connectivity index (χ3n) is 5.41. The van der Waals surface area contributed by atoms with Gasteiger partial charge in [-0.1, -0.05) is 37.8 Å². The van der Waals surface area contributed by atoms with Gasteiger partial charge in [0, 0.05) is 13.1 Å². The molecule has 0 spiro atoms. The standard InChI is InChI=1S/C20H28ClNO5/c1-2-3-4-5-20(25)6-7-22(13-17(20)23)18(24)12-14-10-15(21)19-16(11-14)26-8-9-27-19/h10-11,17,23,25H,2-9,12-13H2,1H3/t17-,20-/m0/s1. The van der Waals surface area contributed by atoms with Crippen molar-refractivity contribution in [1.29, 1.82) is 0 Å². The number of carbonyl (C=O) groups is 1. The first kappa shape index (κ1) is 20.2. The maximum atomic E-state index is 12.7. The van der Waals surface area contributed by atoms with E-state index in [2.05, 4.69) is 6.92 Å². The van der Waals surface area contributed by atoms with Gasteiger partial charge in [0.1, 0.15) is 19.3 Å². The Morgan fingerprint density at radius 3 is 2.85 bits per heavy atom. The summed E-state index contributed by atoms with van der Waals surface area (Å²) < 4.78 is 11.1. The summed E-state index contributed by atoms with van der Waals surface area (Å²) in [5.41, 5.74) is -0.348. The average Bonchev–Trinajstić information content (AvgIpc) is 2.64. The summed E-state index contributed by atoms with van der Waals surface area (Å²) in [5, 5.41) is 21.5. The molecule has 2 atom stereocenters. The molecule has 6 nitrogen and oxygen atoms in total. The van der Waals surface area contributed by atoms with Crippen LogP contribution >= 0.6 is 11.6 Å². The largest absolute Gasteiger partial charge is 0.486 e. The highest BCUT2D eigenvalue weighted by Crippen LogP contribution is 2.38. The van der Waals surface area contributed by atoms with Crippen molar-refractivity contribution in [2.24, 2.45) is 0 Å². The summed E-state index contributed by atoms with van der Waals surface area (Å²) in [6, 6.07) is 3.49. The lowest BCUT2D eigenvalue weighted by atomic mass is 9.83. The topological polar surface area (TPSA) is 79.2 Å². The lowest BCUT2D eigenvalue weighted by Crippen LogP contribution is -2.57. The van der Waals surface area contributed by atoms with Crippen molar-refractivity contribution in [3.63, 3.8) is 0 Å². The van der Waals surface area contributed by atoms with E-state index in [1.54, 1.807) is 17.0 Å². The molecule has 1 aromatic carbocycles. The molecule has 0 bridgehead atoms. The van der Waals surface area contributed by atoms with Crippen molar-refractivity contribution in [1.82, 2.24) is 4.90 Å². The first-order valence-corrected chi connectivity index (χ1v) is 10.1. The first-order valence-electron chi connectivity index (χ1n) is 9.69. The molecule has 0 radical (unpaired) electrons. The second-order valence-electron chi connectivity index (χ2n) is 7.44. The van der Waals surface area contributed by atoms with Crippen molar-refractivity contribution in [3.05, 3.63) is 22.7 Å². The predicted octanol–water partition coefficient (Wildman–Crippen LogP) is 2.56. The molecule has 2 N–H and O–H groups in total. The Kier molecular flexibility index (Phi) is 6.50. The quantitative estimate of drug-likeness (QED) is 0.721. The summed E-state index contributed by atoms with van der Waals surface area (Å²) in [5.74, 6) is 0.975. The van der Waals surface area contributed by atoms with E-state index in [-0.39, 0.29) is 18.9 Å². The molecule has 0 unspecified atom stereocenters. The number of benzene rings is 1. The van der Waals surface area contributed by atoms with Gasteiger partial charge in [-0.3, -0.25) is 4.79 Å². The van der Waals surface area contributed by atoms with Crippen molar-refractivity contribution >= 4 is 17.5 Å². The summed E-state index contributed by atoms with van der Waals surface area (Å²) in [6.07, 6.45) is 3.19. The van der Waals surface area contributed by atoms with Crippen LogP contribution in [0.1, 0.15) is 44.6 Å². The fourth-order valence-corrected chi connectivity index (χ4v) is 4.00. The second kappa shape index (κ2) is 8.67. The minimum atomic E-state index is -1.09. The Balaban J connectivity index is 1.60. The van der Waals surface area contributed by atoms with Crippen LogP contribution in [0.3, 0.4) is 0 Å². The number of likely N-dealkylation sites (tertiary alicyclic amines) is 1. The molecule has 2 heterocycles. The van der Waals surface area contributed by atoms with Crippen LogP contribution in [-0.2, 0) is 11.2 Å². The van der Waals surface area contributed by atoms with Crippen molar-refractivity contribution in [3.8, 4) is 11.5 Å². The van der Waals surface area contributed by atoms with E-state index in [4.69, 9.17) is 21.1 Å². The van der Waals surface area contributed by atoms with Crippen molar-refractivity contribution in [2.45, 2.75) is 57.2 Å². The molecule has 0 aromatic heterocycles. The molecule has 7 heteroatoms. The molecular weight excluding hydrogens is 370 g/mol. The zero-order chi connectivity index (χ0) is 19.4. The maximum absolute atomic E-state index is 12.7. The molecule has 2 aliphatic heterocycles. The van der Waals surface area contributed by atoms with Gasteiger partial charge < -0.3 is 24.6 Å². The minimum Gasteiger partial charge on any atom is -0.486 e. The van der Waals surface area contributed by atoms with E-state index in [1.807, 2.05) is 0 Å². The zero-order valence-corrected chi connectivity index (χ0v) is 16.5. The number of fused-ring (bicyclic) bond motifs is 1. The Bertz CT molecular complexity index is 683. The van der Waals surface area contributed by atoms with Gasteiger partial charge in [0.2, 0.25) is 5.91 Å². The van der Waals surface area contributed by atoms with Crippen LogP contribution in [0.5, 0.6) is 11.5 Å². The van der Waals surface area contributed by atoms with Crippen molar-refractivity contribution < 1.29 is 24.5 Å².